The van der Waals surface area contributed by atoms with E-state index in [2.05, 4.69) is 9.97 Å². The van der Waals surface area contributed by atoms with Crippen LogP contribution in [-0.4, -0.2) is 26.3 Å². The average molecular weight is 212 g/mol. The molecule has 1 rings (SSSR count). The van der Waals surface area contributed by atoms with Crippen LogP contribution in [0.5, 0.6) is 0 Å². The van der Waals surface area contributed by atoms with Crippen molar-refractivity contribution in [1.29, 1.82) is 0 Å². The van der Waals surface area contributed by atoms with Gasteiger partial charge in [-0.2, -0.15) is 0 Å². The highest BCUT2D eigenvalue weighted by Crippen LogP contribution is 2.21. The minimum absolute atomic E-state index is 0.460. The topological polar surface area (TPSA) is 63.1 Å². The van der Waals surface area contributed by atoms with Gasteiger partial charge in [0.2, 0.25) is 0 Å². The fourth-order valence-electron chi connectivity index (χ4n) is 0.877. The molecule has 0 aliphatic carbocycles. The van der Waals surface area contributed by atoms with Crippen LogP contribution >= 0.6 is 11.8 Å². The number of rotatable bonds is 4. The van der Waals surface area contributed by atoms with E-state index in [4.69, 9.17) is 5.11 Å². The lowest BCUT2D eigenvalue weighted by Crippen LogP contribution is -2.15. The molecule has 1 aromatic rings. The fraction of sp³-hybridized carbons (Fsp3) is 0.444. The lowest BCUT2D eigenvalue weighted by Gasteiger charge is -2.06. The molecule has 4 nitrogen and oxygen atoms in total. The first-order valence-electron chi connectivity index (χ1n) is 4.31. The van der Waals surface area contributed by atoms with Crippen LogP contribution in [0.1, 0.15) is 18.9 Å². The van der Waals surface area contributed by atoms with E-state index in [0.717, 1.165) is 5.56 Å². The summed E-state index contributed by atoms with van der Waals surface area (Å²) >= 11 is 1.18. The van der Waals surface area contributed by atoms with E-state index in [0.29, 0.717) is 11.6 Å². The summed E-state index contributed by atoms with van der Waals surface area (Å²) in [5.74, 6) is -0.818. The molecule has 1 heterocycles. The number of hydrogen-bond acceptors (Lipinski definition) is 4. The maximum Gasteiger partial charge on any atom is 0.317 e. The molecular formula is C9H12N2O2S. The summed E-state index contributed by atoms with van der Waals surface area (Å²) in [6.45, 7) is 3.73. The van der Waals surface area contributed by atoms with Crippen molar-refractivity contribution in [2.45, 2.75) is 30.7 Å². The first kappa shape index (κ1) is 11.0. The Labute approximate surface area is 86.8 Å². The number of carboxylic acid groups (broad SMARTS) is 1. The molecule has 0 amide bonds. The minimum Gasteiger partial charge on any atom is -0.480 e. The molecule has 0 spiro atoms. The Hall–Kier alpha value is -1.10. The second-order valence-corrected chi connectivity index (χ2v) is 4.07. The van der Waals surface area contributed by atoms with Gasteiger partial charge in [-0.25, -0.2) is 9.97 Å². The van der Waals surface area contributed by atoms with Crippen molar-refractivity contribution in [2.75, 3.05) is 0 Å². The summed E-state index contributed by atoms with van der Waals surface area (Å²) in [5.41, 5.74) is 0.970. The molecule has 76 valence electrons. The third-order valence-corrected chi connectivity index (χ3v) is 2.89. The van der Waals surface area contributed by atoms with Crippen molar-refractivity contribution in [2.24, 2.45) is 0 Å². The summed E-state index contributed by atoms with van der Waals surface area (Å²) in [5, 5.41) is 8.87. The van der Waals surface area contributed by atoms with E-state index in [-0.39, 0.29) is 0 Å². The number of aliphatic carboxylic acids is 1. The standard InChI is InChI=1S/C9H12N2O2S/c1-3-7(8(12)13)14-9-10-4-6(2)5-11-9/h4-5,7H,3H2,1-2H3,(H,12,13). The Kier molecular flexibility index (Phi) is 3.88. The predicted molar refractivity (Wildman–Crippen MR) is 54.3 cm³/mol. The molecule has 0 bridgehead atoms. The zero-order chi connectivity index (χ0) is 10.6. The monoisotopic (exact) mass is 212 g/mol. The van der Waals surface area contributed by atoms with Gasteiger partial charge in [0, 0.05) is 12.4 Å². The number of aromatic nitrogens is 2. The Morgan fingerprint density at radius 1 is 1.57 bits per heavy atom. The molecule has 5 heteroatoms. The van der Waals surface area contributed by atoms with Gasteiger partial charge in [0.25, 0.3) is 0 Å². The van der Waals surface area contributed by atoms with E-state index >= 15 is 0 Å². The SMILES string of the molecule is CCC(Sc1ncc(C)cn1)C(=O)O. The molecule has 0 saturated heterocycles. The quantitative estimate of drug-likeness (QED) is 0.608. The fourth-order valence-corrected chi connectivity index (χ4v) is 1.63. The number of carboxylic acids is 1. The third-order valence-electron chi connectivity index (χ3n) is 1.65. The van der Waals surface area contributed by atoms with Crippen molar-refractivity contribution < 1.29 is 9.90 Å². The van der Waals surface area contributed by atoms with Crippen molar-refractivity contribution in [1.82, 2.24) is 9.97 Å². The molecule has 0 fully saturated rings. The number of nitrogens with zero attached hydrogens (tertiary/aromatic N) is 2. The summed E-state index contributed by atoms with van der Waals surface area (Å²) in [7, 11) is 0. The maximum absolute atomic E-state index is 10.7. The van der Waals surface area contributed by atoms with Gasteiger partial charge in [-0.05, 0) is 18.9 Å². The number of carbonyl (C=O) groups is 1. The zero-order valence-corrected chi connectivity index (χ0v) is 8.91. The summed E-state index contributed by atoms with van der Waals surface area (Å²) in [6.07, 6.45) is 3.94. The molecule has 1 aromatic heterocycles. The van der Waals surface area contributed by atoms with Gasteiger partial charge >= 0.3 is 5.97 Å². The van der Waals surface area contributed by atoms with Crippen LogP contribution in [0.15, 0.2) is 17.6 Å². The molecule has 1 atom stereocenters. The molecule has 1 unspecified atom stereocenters. The van der Waals surface area contributed by atoms with E-state index in [1.807, 2.05) is 13.8 Å². The third kappa shape index (κ3) is 2.99. The molecular weight excluding hydrogens is 200 g/mol. The Bertz CT molecular complexity index is 313. The molecule has 0 aliphatic rings. The van der Waals surface area contributed by atoms with Crippen LogP contribution in [0.25, 0.3) is 0 Å². The summed E-state index contributed by atoms with van der Waals surface area (Å²) < 4.78 is 0. The van der Waals surface area contributed by atoms with E-state index in [9.17, 15) is 4.79 Å². The highest BCUT2D eigenvalue weighted by molar-refractivity contribution is 8.00. The van der Waals surface area contributed by atoms with Crippen molar-refractivity contribution in [3.05, 3.63) is 18.0 Å². The molecule has 0 saturated carbocycles. The Morgan fingerprint density at radius 3 is 2.57 bits per heavy atom. The molecule has 0 radical (unpaired) electrons. The zero-order valence-electron chi connectivity index (χ0n) is 8.10. The van der Waals surface area contributed by atoms with Crippen LogP contribution in [0.4, 0.5) is 0 Å². The van der Waals surface area contributed by atoms with Gasteiger partial charge in [0.1, 0.15) is 5.25 Å². The van der Waals surface area contributed by atoms with Crippen LogP contribution in [0.2, 0.25) is 0 Å². The summed E-state index contributed by atoms with van der Waals surface area (Å²) in [6, 6.07) is 0. The first-order chi connectivity index (χ1) is 6.63. The predicted octanol–water partition coefficient (Wildman–Crippen LogP) is 1.74. The van der Waals surface area contributed by atoms with E-state index < -0.39 is 11.2 Å². The van der Waals surface area contributed by atoms with Crippen LogP contribution in [-0.2, 0) is 4.79 Å². The van der Waals surface area contributed by atoms with Gasteiger partial charge in [-0.3, -0.25) is 4.79 Å². The van der Waals surface area contributed by atoms with Crippen molar-refractivity contribution in [3.8, 4) is 0 Å². The Balaban J connectivity index is 2.67. The molecule has 0 aromatic carbocycles. The molecule has 0 aliphatic heterocycles. The second kappa shape index (κ2) is 4.95. The smallest absolute Gasteiger partial charge is 0.317 e. The lowest BCUT2D eigenvalue weighted by atomic mass is 10.3. The average Bonchev–Trinajstić information content (AvgIpc) is 2.16. The highest BCUT2D eigenvalue weighted by atomic mass is 32.2. The number of hydrogen-bond donors (Lipinski definition) is 1. The normalized spacial score (nSPS) is 12.4. The van der Waals surface area contributed by atoms with Crippen molar-refractivity contribution in [3.63, 3.8) is 0 Å². The van der Waals surface area contributed by atoms with Gasteiger partial charge in [0.15, 0.2) is 5.16 Å². The van der Waals surface area contributed by atoms with Crippen LogP contribution in [0, 0.1) is 6.92 Å². The van der Waals surface area contributed by atoms with E-state index in [1.165, 1.54) is 11.8 Å². The molecule has 1 N–H and O–H groups in total. The number of aryl methyl sites for hydroxylation is 1. The number of thioether (sulfide) groups is 1. The maximum atomic E-state index is 10.7. The van der Waals surface area contributed by atoms with Crippen LogP contribution < -0.4 is 0 Å². The van der Waals surface area contributed by atoms with Gasteiger partial charge in [-0.1, -0.05) is 18.7 Å². The highest BCUT2D eigenvalue weighted by Gasteiger charge is 2.17. The van der Waals surface area contributed by atoms with E-state index in [1.54, 1.807) is 12.4 Å². The van der Waals surface area contributed by atoms with Crippen LogP contribution in [0.3, 0.4) is 0 Å². The van der Waals surface area contributed by atoms with Gasteiger partial charge < -0.3 is 5.11 Å². The first-order valence-corrected chi connectivity index (χ1v) is 5.19. The molecule has 14 heavy (non-hydrogen) atoms. The van der Waals surface area contributed by atoms with Gasteiger partial charge in [-0.15, -0.1) is 0 Å². The largest absolute Gasteiger partial charge is 0.480 e. The lowest BCUT2D eigenvalue weighted by molar-refractivity contribution is -0.136. The Morgan fingerprint density at radius 2 is 2.14 bits per heavy atom. The van der Waals surface area contributed by atoms with Gasteiger partial charge in [0.05, 0.1) is 0 Å². The van der Waals surface area contributed by atoms with Crippen molar-refractivity contribution >= 4 is 17.7 Å². The summed E-state index contributed by atoms with van der Waals surface area (Å²) in [4.78, 5) is 18.8. The minimum atomic E-state index is -0.818. The second-order valence-electron chi connectivity index (χ2n) is 2.90.